The molecule has 0 spiro atoms. The van der Waals surface area contributed by atoms with E-state index in [1.165, 1.54) is 11.3 Å². The molecule has 1 atom stereocenters. The molecule has 6 nitrogen and oxygen atoms in total. The summed E-state index contributed by atoms with van der Waals surface area (Å²) >= 11 is 1.54. The maximum Gasteiger partial charge on any atom is 0.288 e. The van der Waals surface area contributed by atoms with Crippen LogP contribution in [0.1, 0.15) is 5.69 Å². The molecule has 3 heterocycles. The minimum absolute atomic E-state index is 0.201. The summed E-state index contributed by atoms with van der Waals surface area (Å²) in [5.74, 6) is 0.275. The number of anilines is 1. The zero-order chi connectivity index (χ0) is 14.4. The van der Waals surface area contributed by atoms with Crippen molar-refractivity contribution in [2.24, 2.45) is 0 Å². The number of oxazole rings is 1. The maximum atomic E-state index is 12.3. The SMILES string of the molecule is Nc1ccc2oc(S(=O)Cc3cn4ccsc4n3)nc2c1. The Labute approximate surface area is 125 Å². The van der Waals surface area contributed by atoms with Gasteiger partial charge in [-0.05, 0) is 18.2 Å². The molecule has 0 radical (unpaired) electrons. The molecule has 2 N–H and O–H groups in total. The van der Waals surface area contributed by atoms with Gasteiger partial charge in [-0.1, -0.05) is 0 Å². The van der Waals surface area contributed by atoms with Crippen molar-refractivity contribution in [1.29, 1.82) is 0 Å². The lowest BCUT2D eigenvalue weighted by Gasteiger charge is -1.92. The third-order valence-electron chi connectivity index (χ3n) is 3.01. The first kappa shape index (κ1) is 12.5. The zero-order valence-corrected chi connectivity index (χ0v) is 12.4. The molecule has 0 aliphatic heterocycles. The predicted molar refractivity (Wildman–Crippen MR) is 81.6 cm³/mol. The molecule has 4 rings (SSSR count). The van der Waals surface area contributed by atoms with E-state index in [0.717, 1.165) is 10.7 Å². The number of nitrogen functional groups attached to an aromatic ring is 1. The number of hydrogen-bond donors (Lipinski definition) is 1. The topological polar surface area (TPSA) is 86.4 Å². The molecule has 1 aromatic carbocycles. The van der Waals surface area contributed by atoms with Crippen LogP contribution in [0.2, 0.25) is 0 Å². The van der Waals surface area contributed by atoms with Gasteiger partial charge in [0.25, 0.3) is 5.22 Å². The number of rotatable bonds is 3. The smallest absolute Gasteiger partial charge is 0.288 e. The Morgan fingerprint density at radius 1 is 1.38 bits per heavy atom. The highest BCUT2D eigenvalue weighted by molar-refractivity contribution is 7.84. The Kier molecular flexibility index (Phi) is 2.79. The van der Waals surface area contributed by atoms with Crippen molar-refractivity contribution in [2.75, 3.05) is 5.73 Å². The minimum Gasteiger partial charge on any atom is -0.430 e. The zero-order valence-electron chi connectivity index (χ0n) is 10.7. The van der Waals surface area contributed by atoms with Gasteiger partial charge in [-0.25, -0.2) is 14.2 Å². The number of imidazole rings is 1. The Hall–Kier alpha value is -2.19. The Morgan fingerprint density at radius 3 is 3.14 bits per heavy atom. The number of hydrogen-bond acceptors (Lipinski definition) is 6. The average molecular weight is 318 g/mol. The van der Waals surface area contributed by atoms with Gasteiger partial charge in [0.1, 0.15) is 16.3 Å². The molecule has 106 valence electrons. The molecular weight excluding hydrogens is 308 g/mol. The standard InChI is InChI=1S/C13H10N4O2S2/c14-8-1-2-11-10(5-8)16-13(19-11)21(18)7-9-6-17-3-4-20-12(17)15-9/h1-6H,7,14H2. The van der Waals surface area contributed by atoms with E-state index in [1.807, 2.05) is 22.2 Å². The number of nitrogens with two attached hydrogens (primary N) is 1. The van der Waals surface area contributed by atoms with Crippen LogP contribution in [0.15, 0.2) is 45.6 Å². The normalized spacial score (nSPS) is 13.1. The lowest BCUT2D eigenvalue weighted by Crippen LogP contribution is -1.96. The molecule has 0 bridgehead atoms. The molecule has 3 aromatic heterocycles. The highest BCUT2D eigenvalue weighted by Crippen LogP contribution is 2.22. The summed E-state index contributed by atoms with van der Waals surface area (Å²) in [5, 5.41) is 2.15. The first-order valence-electron chi connectivity index (χ1n) is 6.14. The third kappa shape index (κ3) is 2.22. The molecule has 0 aliphatic rings. The number of fused-ring (bicyclic) bond motifs is 2. The van der Waals surface area contributed by atoms with Crippen LogP contribution < -0.4 is 5.73 Å². The molecule has 21 heavy (non-hydrogen) atoms. The van der Waals surface area contributed by atoms with E-state index in [-0.39, 0.29) is 11.0 Å². The van der Waals surface area contributed by atoms with E-state index in [2.05, 4.69) is 9.97 Å². The van der Waals surface area contributed by atoms with Crippen molar-refractivity contribution in [2.45, 2.75) is 11.0 Å². The highest BCUT2D eigenvalue weighted by atomic mass is 32.2. The molecular formula is C13H10N4O2S2. The fourth-order valence-electron chi connectivity index (χ4n) is 2.06. The Bertz CT molecular complexity index is 940. The van der Waals surface area contributed by atoms with Gasteiger partial charge in [0.2, 0.25) is 0 Å². The largest absolute Gasteiger partial charge is 0.430 e. The Balaban J connectivity index is 1.64. The fraction of sp³-hybridized carbons (Fsp3) is 0.0769. The average Bonchev–Trinajstić information content (AvgIpc) is 3.10. The molecule has 0 fully saturated rings. The summed E-state index contributed by atoms with van der Waals surface area (Å²) < 4.78 is 19.8. The monoisotopic (exact) mass is 318 g/mol. The number of nitrogens with zero attached hydrogens (tertiary/aromatic N) is 3. The van der Waals surface area contributed by atoms with Crippen LogP contribution in [0.4, 0.5) is 5.69 Å². The van der Waals surface area contributed by atoms with Crippen LogP contribution in [0.5, 0.6) is 0 Å². The summed E-state index contributed by atoms with van der Waals surface area (Å²) in [7, 11) is -1.37. The van der Waals surface area contributed by atoms with Gasteiger partial charge in [-0.15, -0.1) is 11.3 Å². The summed E-state index contributed by atoms with van der Waals surface area (Å²) in [6.45, 7) is 0. The van der Waals surface area contributed by atoms with Gasteiger partial charge < -0.3 is 10.2 Å². The van der Waals surface area contributed by atoms with Gasteiger partial charge in [0.05, 0.1) is 11.4 Å². The van der Waals surface area contributed by atoms with Gasteiger partial charge in [-0.2, -0.15) is 0 Å². The van der Waals surface area contributed by atoms with Gasteiger partial charge >= 0.3 is 0 Å². The summed E-state index contributed by atoms with van der Waals surface area (Å²) in [6.07, 6.45) is 3.78. The first-order chi connectivity index (χ1) is 10.2. The lowest BCUT2D eigenvalue weighted by atomic mass is 10.3. The van der Waals surface area contributed by atoms with E-state index in [4.69, 9.17) is 10.2 Å². The molecule has 8 heteroatoms. The molecule has 0 amide bonds. The third-order valence-corrected chi connectivity index (χ3v) is 4.90. The van der Waals surface area contributed by atoms with Crippen molar-refractivity contribution in [3.63, 3.8) is 0 Å². The molecule has 0 aliphatic carbocycles. The maximum absolute atomic E-state index is 12.3. The molecule has 4 aromatic rings. The second-order valence-corrected chi connectivity index (χ2v) is 6.72. The van der Waals surface area contributed by atoms with Gasteiger partial charge in [0, 0.05) is 23.5 Å². The fourth-order valence-corrected chi connectivity index (χ4v) is 3.70. The van der Waals surface area contributed by atoms with E-state index in [0.29, 0.717) is 16.8 Å². The lowest BCUT2D eigenvalue weighted by molar-refractivity contribution is 0.477. The highest BCUT2D eigenvalue weighted by Gasteiger charge is 2.15. The first-order valence-corrected chi connectivity index (χ1v) is 8.34. The van der Waals surface area contributed by atoms with Gasteiger partial charge in [0.15, 0.2) is 10.5 Å². The van der Waals surface area contributed by atoms with Gasteiger partial charge in [-0.3, -0.25) is 4.40 Å². The Morgan fingerprint density at radius 2 is 2.29 bits per heavy atom. The number of thiazole rings is 1. The van der Waals surface area contributed by atoms with Crippen LogP contribution in [0.25, 0.3) is 16.1 Å². The van der Waals surface area contributed by atoms with Crippen molar-refractivity contribution >= 4 is 43.9 Å². The van der Waals surface area contributed by atoms with Crippen LogP contribution in [0.3, 0.4) is 0 Å². The second kappa shape index (κ2) is 4.68. The van der Waals surface area contributed by atoms with Crippen LogP contribution >= 0.6 is 11.3 Å². The summed E-state index contributed by atoms with van der Waals surface area (Å²) in [4.78, 5) is 9.52. The molecule has 0 saturated heterocycles. The van der Waals surface area contributed by atoms with Crippen molar-refractivity contribution < 1.29 is 8.63 Å². The molecule has 1 unspecified atom stereocenters. The number of aromatic nitrogens is 3. The minimum atomic E-state index is -1.37. The van der Waals surface area contributed by atoms with Crippen molar-refractivity contribution in [1.82, 2.24) is 14.4 Å². The van der Waals surface area contributed by atoms with E-state index < -0.39 is 10.8 Å². The van der Waals surface area contributed by atoms with Crippen LogP contribution in [0, 0.1) is 0 Å². The quantitative estimate of drug-likeness (QED) is 0.586. The van der Waals surface area contributed by atoms with E-state index in [1.54, 1.807) is 18.2 Å². The van der Waals surface area contributed by atoms with Crippen LogP contribution in [-0.2, 0) is 16.6 Å². The second-order valence-electron chi connectivity index (χ2n) is 4.52. The predicted octanol–water partition coefficient (Wildman–Crippen LogP) is 2.43. The van der Waals surface area contributed by atoms with Crippen LogP contribution in [-0.4, -0.2) is 18.6 Å². The van der Waals surface area contributed by atoms with E-state index in [9.17, 15) is 4.21 Å². The number of benzene rings is 1. The summed E-state index contributed by atoms with van der Waals surface area (Å²) in [5.41, 5.74) is 8.24. The van der Waals surface area contributed by atoms with E-state index >= 15 is 0 Å². The molecule has 0 saturated carbocycles. The summed E-state index contributed by atoms with van der Waals surface area (Å²) in [6, 6.07) is 5.15. The van der Waals surface area contributed by atoms with Crippen molar-refractivity contribution in [3.8, 4) is 0 Å². The van der Waals surface area contributed by atoms with Crippen molar-refractivity contribution in [3.05, 3.63) is 41.7 Å².